The molecule has 0 aliphatic heterocycles. The summed E-state index contributed by atoms with van der Waals surface area (Å²) in [7, 11) is 0. The fourth-order valence-corrected chi connectivity index (χ4v) is 1.85. The molecule has 1 aromatic carbocycles. The fraction of sp³-hybridized carbons (Fsp3) is 0.231. The van der Waals surface area contributed by atoms with Crippen LogP contribution in [0.2, 0.25) is 0 Å². The lowest BCUT2D eigenvalue weighted by Gasteiger charge is -2.17. The van der Waals surface area contributed by atoms with E-state index in [4.69, 9.17) is 0 Å². The van der Waals surface area contributed by atoms with Crippen LogP contribution in [0.1, 0.15) is 34.1 Å². The highest BCUT2D eigenvalue weighted by molar-refractivity contribution is 6.26. The Labute approximate surface area is 104 Å². The molecule has 0 heterocycles. The molecule has 0 aromatic heterocycles. The van der Waals surface area contributed by atoms with Gasteiger partial charge in [-0.25, -0.2) is 0 Å². The van der Waals surface area contributed by atoms with Gasteiger partial charge in [0.2, 0.25) is 5.78 Å². The summed E-state index contributed by atoms with van der Waals surface area (Å²) in [5, 5.41) is 22.1. The first kappa shape index (κ1) is 12.2. The number of phenols is 2. The van der Waals surface area contributed by atoms with Crippen molar-refractivity contribution in [1.29, 1.82) is 0 Å². The summed E-state index contributed by atoms with van der Waals surface area (Å²) in [6, 6.07) is 2.39. The second kappa shape index (κ2) is 4.52. The minimum Gasteiger partial charge on any atom is -0.507 e. The van der Waals surface area contributed by atoms with E-state index in [1.807, 2.05) is 6.92 Å². The third-order valence-corrected chi connectivity index (χ3v) is 2.72. The number of ketones is 2. The summed E-state index contributed by atoms with van der Waals surface area (Å²) in [4.78, 5) is 23.9. The van der Waals surface area contributed by atoms with Crippen molar-refractivity contribution in [1.82, 2.24) is 5.32 Å². The molecule has 0 unspecified atom stereocenters. The van der Waals surface area contributed by atoms with E-state index in [0.29, 0.717) is 6.54 Å². The Kier molecular flexibility index (Phi) is 3.06. The number of phenolic OH excluding ortho intramolecular Hbond substituents is 2. The van der Waals surface area contributed by atoms with Gasteiger partial charge in [0.15, 0.2) is 5.78 Å². The summed E-state index contributed by atoms with van der Waals surface area (Å²) >= 11 is 0. The van der Waals surface area contributed by atoms with E-state index in [9.17, 15) is 19.8 Å². The molecule has 3 N–H and O–H groups in total. The molecule has 1 aliphatic rings. The van der Waals surface area contributed by atoms with Crippen LogP contribution in [-0.2, 0) is 0 Å². The van der Waals surface area contributed by atoms with Crippen LogP contribution in [0.25, 0.3) is 0 Å². The number of carbonyl (C=O) groups is 2. The van der Waals surface area contributed by atoms with Crippen LogP contribution in [0.3, 0.4) is 0 Å². The van der Waals surface area contributed by atoms with Gasteiger partial charge in [0.1, 0.15) is 11.5 Å². The fourth-order valence-electron chi connectivity index (χ4n) is 1.85. The lowest BCUT2D eigenvalue weighted by molar-refractivity contribution is 0.0973. The molecular weight excluding hydrogens is 234 g/mol. The third kappa shape index (κ3) is 1.84. The van der Waals surface area contributed by atoms with Crippen LogP contribution in [-0.4, -0.2) is 28.3 Å². The number of nitrogens with one attached hydrogen (secondary N) is 1. The molecule has 0 fully saturated rings. The number of rotatable bonds is 3. The van der Waals surface area contributed by atoms with Crippen molar-refractivity contribution in [3.8, 4) is 11.5 Å². The third-order valence-electron chi connectivity index (χ3n) is 2.72. The average Bonchev–Trinajstić information content (AvgIpc) is 2.34. The molecule has 0 bridgehead atoms. The Morgan fingerprint density at radius 1 is 1.11 bits per heavy atom. The summed E-state index contributed by atoms with van der Waals surface area (Å²) in [5.41, 5.74) is -0.126. The van der Waals surface area contributed by atoms with Crippen molar-refractivity contribution in [3.05, 3.63) is 35.0 Å². The topological polar surface area (TPSA) is 86.6 Å². The number of Topliss-reactive ketones (excluding diaryl/α,β-unsaturated/α-hetero) is 1. The number of allylic oxidation sites excluding steroid dienone is 2. The van der Waals surface area contributed by atoms with Crippen molar-refractivity contribution in [3.63, 3.8) is 0 Å². The first-order valence-electron chi connectivity index (χ1n) is 5.65. The molecule has 18 heavy (non-hydrogen) atoms. The van der Waals surface area contributed by atoms with Gasteiger partial charge in [-0.05, 0) is 18.6 Å². The number of hydrogen-bond donors (Lipinski definition) is 3. The summed E-state index contributed by atoms with van der Waals surface area (Å²) in [6.45, 7) is 2.49. The molecule has 2 rings (SSSR count). The Morgan fingerprint density at radius 2 is 1.72 bits per heavy atom. The molecule has 0 saturated heterocycles. The lowest BCUT2D eigenvalue weighted by atomic mass is 9.91. The first-order chi connectivity index (χ1) is 8.56. The molecule has 5 nitrogen and oxygen atoms in total. The zero-order chi connectivity index (χ0) is 13.3. The van der Waals surface area contributed by atoms with Gasteiger partial charge in [0.05, 0.1) is 16.8 Å². The second-order valence-corrected chi connectivity index (χ2v) is 4.03. The average molecular weight is 247 g/mol. The Bertz CT molecular complexity index is 560. The predicted molar refractivity (Wildman–Crippen MR) is 64.8 cm³/mol. The monoisotopic (exact) mass is 247 g/mol. The van der Waals surface area contributed by atoms with Gasteiger partial charge in [-0.1, -0.05) is 6.92 Å². The largest absolute Gasteiger partial charge is 0.507 e. The molecule has 0 radical (unpaired) electrons. The lowest BCUT2D eigenvalue weighted by Crippen LogP contribution is -2.27. The van der Waals surface area contributed by atoms with Crippen LogP contribution in [0.15, 0.2) is 23.9 Å². The minimum atomic E-state index is -0.489. The van der Waals surface area contributed by atoms with Crippen LogP contribution in [0, 0.1) is 0 Å². The number of fused-ring (bicyclic) bond motifs is 1. The molecule has 1 aliphatic carbocycles. The van der Waals surface area contributed by atoms with E-state index in [2.05, 4.69) is 5.32 Å². The number of hydrogen-bond acceptors (Lipinski definition) is 5. The van der Waals surface area contributed by atoms with E-state index in [1.165, 1.54) is 12.1 Å². The number of carbonyl (C=O) groups excluding carboxylic acids is 2. The van der Waals surface area contributed by atoms with Gasteiger partial charge >= 0.3 is 0 Å². The van der Waals surface area contributed by atoms with E-state index in [1.54, 1.807) is 0 Å². The highest BCUT2D eigenvalue weighted by atomic mass is 16.3. The van der Waals surface area contributed by atoms with Crippen LogP contribution < -0.4 is 5.32 Å². The maximum absolute atomic E-state index is 12.1. The highest BCUT2D eigenvalue weighted by Crippen LogP contribution is 2.33. The van der Waals surface area contributed by atoms with Crippen LogP contribution in [0.4, 0.5) is 0 Å². The smallest absolute Gasteiger partial charge is 0.213 e. The zero-order valence-corrected chi connectivity index (χ0v) is 9.86. The Hall–Kier alpha value is -2.30. The maximum Gasteiger partial charge on any atom is 0.213 e. The molecule has 0 saturated carbocycles. The summed E-state index contributed by atoms with van der Waals surface area (Å²) in [5.74, 6) is -1.57. The standard InChI is InChI=1S/C13H13NO4/c1-2-5-14-7-6-10(17)11-8(15)3-4-9(16)12(11)13(7)18/h3-4,6,14-16H,2,5H2,1H3. The van der Waals surface area contributed by atoms with Gasteiger partial charge < -0.3 is 15.5 Å². The maximum atomic E-state index is 12.1. The predicted octanol–water partition coefficient (Wildman–Crippen LogP) is 1.36. The van der Waals surface area contributed by atoms with Crippen molar-refractivity contribution < 1.29 is 19.8 Å². The van der Waals surface area contributed by atoms with Crippen molar-refractivity contribution in [2.75, 3.05) is 6.54 Å². The van der Waals surface area contributed by atoms with Gasteiger partial charge in [0, 0.05) is 12.6 Å². The Balaban J connectivity index is 2.51. The first-order valence-corrected chi connectivity index (χ1v) is 5.65. The van der Waals surface area contributed by atoms with E-state index in [-0.39, 0.29) is 28.3 Å². The molecule has 1 aromatic rings. The van der Waals surface area contributed by atoms with Gasteiger partial charge in [-0.2, -0.15) is 0 Å². The quantitative estimate of drug-likeness (QED) is 0.702. The highest BCUT2D eigenvalue weighted by Gasteiger charge is 2.30. The van der Waals surface area contributed by atoms with E-state index < -0.39 is 11.6 Å². The van der Waals surface area contributed by atoms with Gasteiger partial charge in [-0.3, -0.25) is 9.59 Å². The van der Waals surface area contributed by atoms with Gasteiger partial charge in [0.25, 0.3) is 0 Å². The number of aromatic hydroxyl groups is 2. The molecular formula is C13H13NO4. The molecule has 0 amide bonds. The molecule has 94 valence electrons. The SMILES string of the molecule is CCCNC1=CC(=O)c2c(O)ccc(O)c2C1=O. The Morgan fingerprint density at radius 3 is 2.33 bits per heavy atom. The van der Waals surface area contributed by atoms with Crippen LogP contribution in [0.5, 0.6) is 11.5 Å². The van der Waals surface area contributed by atoms with Crippen molar-refractivity contribution >= 4 is 11.6 Å². The van der Waals surface area contributed by atoms with Crippen molar-refractivity contribution in [2.24, 2.45) is 0 Å². The van der Waals surface area contributed by atoms with Crippen LogP contribution >= 0.6 is 0 Å². The van der Waals surface area contributed by atoms with Crippen molar-refractivity contribution in [2.45, 2.75) is 13.3 Å². The molecule has 0 atom stereocenters. The van der Waals surface area contributed by atoms with Gasteiger partial charge in [-0.15, -0.1) is 0 Å². The normalized spacial score (nSPS) is 14.2. The van der Waals surface area contributed by atoms with E-state index in [0.717, 1.165) is 12.5 Å². The summed E-state index contributed by atoms with van der Waals surface area (Å²) in [6.07, 6.45) is 1.96. The number of benzene rings is 1. The molecule has 0 spiro atoms. The summed E-state index contributed by atoms with van der Waals surface area (Å²) < 4.78 is 0. The van der Waals surface area contributed by atoms with E-state index >= 15 is 0 Å². The zero-order valence-electron chi connectivity index (χ0n) is 9.86. The molecule has 5 heteroatoms. The minimum absolute atomic E-state index is 0.137. The second-order valence-electron chi connectivity index (χ2n) is 4.03.